The van der Waals surface area contributed by atoms with Crippen molar-refractivity contribution in [1.82, 2.24) is 15.3 Å². The average molecular weight is 557 g/mol. The minimum absolute atomic E-state index is 0.143. The van der Waals surface area contributed by atoms with Crippen molar-refractivity contribution in [2.24, 2.45) is 4.36 Å². The largest absolute Gasteiger partial charge is 0.479 e. The van der Waals surface area contributed by atoms with Crippen LogP contribution in [-0.2, 0) is 19.6 Å². The number of halogens is 4. The predicted molar refractivity (Wildman–Crippen MR) is 138 cm³/mol. The van der Waals surface area contributed by atoms with Crippen LogP contribution in [0.25, 0.3) is 10.9 Å². The first kappa shape index (κ1) is 28.5. The van der Waals surface area contributed by atoms with E-state index < -0.39 is 35.3 Å². The zero-order valence-electron chi connectivity index (χ0n) is 20.4. The molecule has 3 aromatic rings. The molecule has 1 aromatic heterocycles. The highest BCUT2D eigenvalue weighted by Gasteiger charge is 2.29. The molecule has 1 heterocycles. The van der Waals surface area contributed by atoms with E-state index in [2.05, 4.69) is 19.6 Å². The van der Waals surface area contributed by atoms with Crippen LogP contribution in [0.15, 0.2) is 41.0 Å². The van der Waals surface area contributed by atoms with Crippen LogP contribution in [0.5, 0.6) is 5.75 Å². The number of carbonyl (C=O) groups is 1. The molecule has 0 saturated heterocycles. The second kappa shape index (κ2) is 12.4. The van der Waals surface area contributed by atoms with Gasteiger partial charge in [0, 0.05) is 22.2 Å². The molecule has 1 atom stereocenters. The minimum Gasteiger partial charge on any atom is -0.479 e. The van der Waals surface area contributed by atoms with Crippen LogP contribution in [0.3, 0.4) is 0 Å². The van der Waals surface area contributed by atoms with Crippen molar-refractivity contribution in [1.29, 1.82) is 0 Å². The highest BCUT2D eigenvalue weighted by molar-refractivity contribution is 7.74. The molecule has 0 fully saturated rings. The lowest BCUT2D eigenvalue weighted by Crippen LogP contribution is -2.41. The fraction of sp³-hybridized carbons (Fsp3) is 0.375. The Morgan fingerprint density at radius 3 is 2.70 bits per heavy atom. The van der Waals surface area contributed by atoms with E-state index in [-0.39, 0.29) is 5.75 Å². The van der Waals surface area contributed by atoms with E-state index in [9.17, 15) is 22.2 Å². The maximum atomic E-state index is 12.4. The number of hydrogen-bond acceptors (Lipinski definition) is 8. The Morgan fingerprint density at radius 2 is 2.00 bits per heavy atom. The number of unbranched alkanes of at least 4 members (excludes halogenated alkanes) is 1. The smallest absolute Gasteiger partial charge is 0.405 e. The molecule has 1 amide bonds. The van der Waals surface area contributed by atoms with Crippen LogP contribution < -0.4 is 15.4 Å². The number of ether oxygens (including phenoxy) is 1. The molecule has 200 valence electrons. The first-order valence-electron chi connectivity index (χ1n) is 11.4. The summed E-state index contributed by atoms with van der Waals surface area (Å²) in [6.07, 6.45) is -2.68. The third-order valence-corrected chi connectivity index (χ3v) is 6.42. The number of benzene rings is 2. The van der Waals surface area contributed by atoms with Gasteiger partial charge in [-0.1, -0.05) is 37.1 Å². The number of hydrogen-bond donors (Lipinski definition) is 2. The fourth-order valence-corrected chi connectivity index (χ4v) is 4.48. The second-order valence-corrected chi connectivity index (χ2v) is 9.88. The van der Waals surface area contributed by atoms with Gasteiger partial charge in [-0.05, 0) is 43.7 Å². The van der Waals surface area contributed by atoms with Crippen molar-refractivity contribution in [3.63, 3.8) is 0 Å². The summed E-state index contributed by atoms with van der Waals surface area (Å²) in [4.78, 5) is 20.7. The average Bonchev–Trinajstić information content (AvgIpc) is 2.82. The Kier molecular flexibility index (Phi) is 9.55. The third kappa shape index (κ3) is 8.19. The molecule has 3 rings (SSSR count). The first-order chi connectivity index (χ1) is 17.5. The first-order valence-corrected chi connectivity index (χ1v) is 13.1. The monoisotopic (exact) mass is 556 g/mol. The molecule has 0 radical (unpaired) electrons. The Balaban J connectivity index is 1.89. The van der Waals surface area contributed by atoms with Crippen molar-refractivity contribution in [2.45, 2.75) is 45.9 Å². The normalized spacial score (nSPS) is 13.4. The highest BCUT2D eigenvalue weighted by Crippen LogP contribution is 2.35. The lowest BCUT2D eigenvalue weighted by atomic mass is 10.1. The van der Waals surface area contributed by atoms with Crippen molar-refractivity contribution in [3.8, 4) is 5.75 Å². The predicted octanol–water partition coefficient (Wildman–Crippen LogP) is 6.36. The van der Waals surface area contributed by atoms with Crippen molar-refractivity contribution < 1.29 is 26.9 Å². The summed E-state index contributed by atoms with van der Waals surface area (Å²) in [5, 5.41) is 5.91. The van der Waals surface area contributed by atoms with Gasteiger partial charge in [-0.2, -0.15) is 23.8 Å². The molecule has 0 unspecified atom stereocenters. The quantitative estimate of drug-likeness (QED) is 0.281. The van der Waals surface area contributed by atoms with Crippen molar-refractivity contribution in [2.75, 3.05) is 17.6 Å². The van der Waals surface area contributed by atoms with Crippen LogP contribution in [0.4, 0.5) is 30.4 Å². The van der Waals surface area contributed by atoms with Crippen LogP contribution in [0.1, 0.15) is 32.3 Å². The molecule has 0 aliphatic heterocycles. The lowest BCUT2D eigenvalue weighted by molar-refractivity contribution is -0.142. The summed E-state index contributed by atoms with van der Waals surface area (Å²) < 4.78 is 59.5. The summed E-state index contributed by atoms with van der Waals surface area (Å²) in [6.45, 7) is 3.73. The van der Waals surface area contributed by atoms with Crippen LogP contribution >= 0.6 is 11.6 Å². The minimum atomic E-state index is -4.54. The van der Waals surface area contributed by atoms with Gasteiger partial charge in [0.25, 0.3) is 5.91 Å². The van der Waals surface area contributed by atoms with E-state index in [4.69, 9.17) is 16.3 Å². The van der Waals surface area contributed by atoms with Crippen molar-refractivity contribution >= 4 is 56.2 Å². The molecule has 0 bridgehead atoms. The van der Waals surface area contributed by atoms with Crippen LogP contribution in [0.2, 0.25) is 5.02 Å². The zero-order valence-corrected chi connectivity index (χ0v) is 21.9. The number of rotatable bonds is 10. The maximum absolute atomic E-state index is 12.4. The number of aromatic nitrogens is 2. The van der Waals surface area contributed by atoms with E-state index in [1.54, 1.807) is 29.6 Å². The molecular formula is C24H26ClF3N5O3S-. The Morgan fingerprint density at radius 1 is 1.24 bits per heavy atom. The Hall–Kier alpha value is -3.12. The van der Waals surface area contributed by atoms with E-state index in [0.29, 0.717) is 38.9 Å². The van der Waals surface area contributed by atoms with E-state index >= 15 is 0 Å². The molecular weight excluding hydrogens is 531 g/mol. The summed E-state index contributed by atoms with van der Waals surface area (Å²) >= 11 is 6.10. The van der Waals surface area contributed by atoms with Gasteiger partial charge in [0.1, 0.15) is 24.4 Å². The summed E-state index contributed by atoms with van der Waals surface area (Å²) in [5.41, 5.74) is 2.27. The fourth-order valence-electron chi connectivity index (χ4n) is 3.35. The summed E-state index contributed by atoms with van der Waals surface area (Å²) in [7, 11) is -1.34. The summed E-state index contributed by atoms with van der Waals surface area (Å²) in [5.74, 6) is 0.113. The number of fused-ring (bicyclic) bond motifs is 1. The second-order valence-electron chi connectivity index (χ2n) is 8.21. The molecule has 0 aliphatic rings. The van der Waals surface area contributed by atoms with Crippen molar-refractivity contribution in [3.05, 3.63) is 47.2 Å². The number of anilines is 2. The molecule has 0 aliphatic carbocycles. The van der Waals surface area contributed by atoms with E-state index in [1.807, 2.05) is 13.8 Å². The van der Waals surface area contributed by atoms with Gasteiger partial charge in [-0.25, -0.2) is 9.97 Å². The Labute approximate surface area is 219 Å². The van der Waals surface area contributed by atoms with Gasteiger partial charge in [0.15, 0.2) is 6.10 Å². The number of alkyl halides is 3. The maximum Gasteiger partial charge on any atom is 0.405 e. The van der Waals surface area contributed by atoms with Gasteiger partial charge in [0.2, 0.25) is 0 Å². The third-order valence-electron chi connectivity index (χ3n) is 5.13. The SMILES string of the molecule is CCCC[S-](=O)=Nc1cc(C)c2c(Nc3ccc(Cl)cc3O[C@H](C)C(=O)NCC(F)(F)F)ncnc2c1. The highest BCUT2D eigenvalue weighted by atomic mass is 35.5. The van der Waals surface area contributed by atoms with Gasteiger partial charge < -0.3 is 23.9 Å². The van der Waals surface area contributed by atoms with Crippen LogP contribution in [-0.4, -0.2) is 40.5 Å². The number of aryl methyl sites for hydroxylation is 1. The molecule has 13 heteroatoms. The molecule has 37 heavy (non-hydrogen) atoms. The summed E-state index contributed by atoms with van der Waals surface area (Å²) in [6, 6.07) is 8.13. The standard InChI is InChI=1S/C24H26ClF3N5O3S/c1-4-5-8-37(35)33-17-9-14(2)21-19(11-17)30-13-31-22(21)32-18-7-6-16(25)10-20(18)36-15(3)23(34)29-12-24(26,27)28/h6-7,9-11,13,15H,4-5,8,12H2,1-3H3,(H,29,34)(H,30,31,32)/q-1/t15-/m1/s1. The van der Waals surface area contributed by atoms with Gasteiger partial charge in [-0.15, -0.1) is 0 Å². The number of nitrogens with one attached hydrogen (secondary N) is 2. The van der Waals surface area contributed by atoms with Gasteiger partial charge in [0.05, 0.1) is 11.2 Å². The topological polar surface area (TPSA) is 106 Å². The zero-order chi connectivity index (χ0) is 27.2. The van der Waals surface area contributed by atoms with E-state index in [1.165, 1.54) is 19.3 Å². The van der Waals surface area contributed by atoms with E-state index in [0.717, 1.165) is 18.4 Å². The lowest BCUT2D eigenvalue weighted by Gasteiger charge is -2.19. The molecule has 0 saturated carbocycles. The number of carbonyl (C=O) groups excluding carboxylic acids is 1. The molecule has 2 aromatic carbocycles. The number of amides is 1. The molecule has 2 N–H and O–H groups in total. The molecule has 8 nitrogen and oxygen atoms in total. The number of nitrogens with zero attached hydrogens (tertiary/aromatic N) is 3. The van der Waals surface area contributed by atoms with Gasteiger partial charge >= 0.3 is 6.18 Å². The molecule has 0 spiro atoms. The van der Waals surface area contributed by atoms with Crippen LogP contribution in [0, 0.1) is 6.92 Å². The van der Waals surface area contributed by atoms with Gasteiger partial charge in [-0.3, -0.25) is 4.79 Å². The Bertz CT molecular complexity index is 1360.